The van der Waals surface area contributed by atoms with E-state index < -0.39 is 10.0 Å². The van der Waals surface area contributed by atoms with Crippen LogP contribution >= 0.6 is 11.8 Å². The molecule has 1 saturated heterocycles. The Labute approximate surface area is 181 Å². The molecular formula is C19H27N5O4S2. The topological polar surface area (TPSA) is 106 Å². The first-order chi connectivity index (χ1) is 14.2. The largest absolute Gasteiger partial charge is 0.376 e. The summed E-state index contributed by atoms with van der Waals surface area (Å²) < 4.78 is 33.2. The maximum atomic E-state index is 12.3. The number of ether oxygens (including phenoxy) is 1. The van der Waals surface area contributed by atoms with Crippen LogP contribution in [0.1, 0.15) is 24.2 Å². The van der Waals surface area contributed by atoms with Gasteiger partial charge in [-0.1, -0.05) is 29.5 Å². The molecule has 164 valence electrons. The van der Waals surface area contributed by atoms with E-state index in [1.807, 2.05) is 19.1 Å². The van der Waals surface area contributed by atoms with Gasteiger partial charge in [0.15, 0.2) is 11.0 Å². The molecule has 11 heteroatoms. The van der Waals surface area contributed by atoms with Crippen LogP contribution in [0.5, 0.6) is 0 Å². The minimum Gasteiger partial charge on any atom is -0.376 e. The molecule has 0 aliphatic carbocycles. The molecule has 0 saturated carbocycles. The first-order valence-corrected chi connectivity index (χ1v) is 12.5. The number of aryl methyl sites for hydroxylation is 1. The van der Waals surface area contributed by atoms with Gasteiger partial charge < -0.3 is 14.6 Å². The van der Waals surface area contributed by atoms with Crippen LogP contribution < -0.4 is 9.62 Å². The van der Waals surface area contributed by atoms with Crippen molar-refractivity contribution in [1.82, 2.24) is 20.1 Å². The molecule has 2 heterocycles. The Hall–Kier alpha value is -2.11. The maximum absolute atomic E-state index is 12.3. The van der Waals surface area contributed by atoms with E-state index in [2.05, 4.69) is 15.5 Å². The van der Waals surface area contributed by atoms with E-state index in [4.69, 9.17) is 4.74 Å². The molecule has 0 radical (unpaired) electrons. The van der Waals surface area contributed by atoms with Crippen molar-refractivity contribution in [2.24, 2.45) is 7.05 Å². The van der Waals surface area contributed by atoms with Gasteiger partial charge in [-0.05, 0) is 31.9 Å². The summed E-state index contributed by atoms with van der Waals surface area (Å²) in [5.74, 6) is 0.590. The second-order valence-corrected chi connectivity index (χ2v) is 10.1. The summed E-state index contributed by atoms with van der Waals surface area (Å²) in [6.07, 6.45) is 3.27. The lowest BCUT2D eigenvalue weighted by Crippen LogP contribution is -2.33. The van der Waals surface area contributed by atoms with Gasteiger partial charge in [-0.2, -0.15) is 0 Å². The van der Waals surface area contributed by atoms with Gasteiger partial charge in [-0.15, -0.1) is 10.2 Å². The fourth-order valence-corrected chi connectivity index (χ4v) is 4.68. The van der Waals surface area contributed by atoms with E-state index in [-0.39, 0.29) is 24.3 Å². The van der Waals surface area contributed by atoms with Crippen molar-refractivity contribution in [3.8, 4) is 0 Å². The van der Waals surface area contributed by atoms with Gasteiger partial charge in [0.1, 0.15) is 0 Å². The number of hydrogen-bond acceptors (Lipinski definition) is 7. The van der Waals surface area contributed by atoms with E-state index in [1.165, 1.54) is 16.1 Å². The number of anilines is 1. The van der Waals surface area contributed by atoms with Crippen LogP contribution in [0.15, 0.2) is 29.4 Å². The Morgan fingerprint density at radius 1 is 1.33 bits per heavy atom. The van der Waals surface area contributed by atoms with Gasteiger partial charge in [0.2, 0.25) is 15.9 Å². The zero-order valence-electron chi connectivity index (χ0n) is 17.4. The molecule has 0 unspecified atom stereocenters. The van der Waals surface area contributed by atoms with Gasteiger partial charge in [0, 0.05) is 20.2 Å². The quantitative estimate of drug-likeness (QED) is 0.573. The first-order valence-electron chi connectivity index (χ1n) is 9.68. The van der Waals surface area contributed by atoms with Gasteiger partial charge in [-0.25, -0.2) is 8.42 Å². The van der Waals surface area contributed by atoms with Crippen molar-refractivity contribution >= 4 is 33.4 Å². The van der Waals surface area contributed by atoms with E-state index in [0.29, 0.717) is 23.2 Å². The summed E-state index contributed by atoms with van der Waals surface area (Å²) in [6, 6.07) is 7.25. The molecule has 9 nitrogen and oxygen atoms in total. The molecule has 30 heavy (non-hydrogen) atoms. The number of carbonyl (C=O) groups is 1. The highest BCUT2D eigenvalue weighted by atomic mass is 32.2. The minimum atomic E-state index is -3.51. The summed E-state index contributed by atoms with van der Waals surface area (Å²) in [6.45, 7) is 3.27. The molecule has 0 spiro atoms. The number of carbonyl (C=O) groups excluding carboxylic acids is 1. The average Bonchev–Trinajstić information content (AvgIpc) is 3.33. The van der Waals surface area contributed by atoms with E-state index in [0.717, 1.165) is 31.3 Å². The molecule has 0 bridgehead atoms. The molecule has 1 N–H and O–H groups in total. The van der Waals surface area contributed by atoms with Crippen LogP contribution in [-0.4, -0.2) is 60.4 Å². The van der Waals surface area contributed by atoms with Crippen LogP contribution in [0.3, 0.4) is 0 Å². The van der Waals surface area contributed by atoms with E-state index in [9.17, 15) is 13.2 Å². The van der Waals surface area contributed by atoms with E-state index in [1.54, 1.807) is 23.7 Å². The zero-order valence-corrected chi connectivity index (χ0v) is 19.0. The van der Waals surface area contributed by atoms with E-state index >= 15 is 0 Å². The molecule has 1 atom stereocenters. The number of thioether (sulfide) groups is 1. The number of nitrogens with one attached hydrogen (secondary N) is 1. The third kappa shape index (κ3) is 5.96. The first kappa shape index (κ1) is 22.6. The molecule has 1 aliphatic rings. The number of amides is 1. The third-order valence-electron chi connectivity index (χ3n) is 4.82. The minimum absolute atomic E-state index is 0.0527. The Bertz CT molecular complexity index is 969. The van der Waals surface area contributed by atoms with Gasteiger partial charge >= 0.3 is 0 Å². The van der Waals surface area contributed by atoms with Crippen LogP contribution in [-0.2, 0) is 33.1 Å². The fourth-order valence-electron chi connectivity index (χ4n) is 3.06. The Balaban J connectivity index is 1.61. The van der Waals surface area contributed by atoms with Crippen LogP contribution in [0, 0.1) is 6.92 Å². The zero-order chi connectivity index (χ0) is 21.7. The maximum Gasteiger partial charge on any atom is 0.232 e. The highest BCUT2D eigenvalue weighted by Gasteiger charge is 2.22. The number of aromatic nitrogens is 3. The summed E-state index contributed by atoms with van der Waals surface area (Å²) >= 11 is 1.26. The number of sulfonamides is 1. The normalized spacial score (nSPS) is 16.6. The highest BCUT2D eigenvalue weighted by Crippen LogP contribution is 2.22. The molecule has 3 rings (SSSR count). The van der Waals surface area contributed by atoms with Crippen molar-refractivity contribution < 1.29 is 17.9 Å². The number of hydrogen-bond donors (Lipinski definition) is 1. The van der Waals surface area contributed by atoms with Gasteiger partial charge in [0.25, 0.3) is 0 Å². The standard InChI is InChI=1S/C19H27N5O4S2/c1-14-6-8-15(9-7-14)24(30(3,26)27)12-17-21-22-19(23(17)2)29-13-18(25)20-11-16-5-4-10-28-16/h6-9,16H,4-5,10-13H2,1-3H3,(H,20,25)/t16-/m0/s1. The second-order valence-electron chi connectivity index (χ2n) is 7.29. The fraction of sp³-hybridized carbons (Fsp3) is 0.526. The molecule has 1 aromatic heterocycles. The third-order valence-corrected chi connectivity index (χ3v) is 6.98. The van der Waals surface area contributed by atoms with Crippen molar-refractivity contribution in [2.45, 2.75) is 37.6 Å². The number of benzene rings is 1. The van der Waals surface area contributed by atoms with Crippen molar-refractivity contribution in [1.29, 1.82) is 0 Å². The molecule has 1 fully saturated rings. The number of rotatable bonds is 9. The summed E-state index contributed by atoms with van der Waals surface area (Å²) in [7, 11) is -1.75. The summed E-state index contributed by atoms with van der Waals surface area (Å²) in [4.78, 5) is 12.1. The SMILES string of the molecule is Cc1ccc(N(Cc2nnc(SCC(=O)NC[C@@H]3CCCO3)n2C)S(C)(=O)=O)cc1. The lowest BCUT2D eigenvalue weighted by molar-refractivity contribution is -0.119. The average molecular weight is 454 g/mol. The predicted octanol–water partition coefficient (Wildman–Crippen LogP) is 1.48. The van der Waals surface area contributed by atoms with Crippen molar-refractivity contribution in [3.63, 3.8) is 0 Å². The lowest BCUT2D eigenvalue weighted by Gasteiger charge is -2.22. The summed E-state index contributed by atoms with van der Waals surface area (Å²) in [5.41, 5.74) is 1.61. The Morgan fingerprint density at radius 2 is 2.07 bits per heavy atom. The monoisotopic (exact) mass is 453 g/mol. The molecule has 1 aromatic carbocycles. The smallest absolute Gasteiger partial charge is 0.232 e. The van der Waals surface area contributed by atoms with Crippen LogP contribution in [0.2, 0.25) is 0 Å². The van der Waals surface area contributed by atoms with Crippen molar-refractivity contribution in [3.05, 3.63) is 35.7 Å². The predicted molar refractivity (Wildman–Crippen MR) is 116 cm³/mol. The molecule has 2 aromatic rings. The second kappa shape index (κ2) is 9.80. The molecule has 1 amide bonds. The van der Waals surface area contributed by atoms with Gasteiger partial charge in [0.05, 0.1) is 30.3 Å². The highest BCUT2D eigenvalue weighted by molar-refractivity contribution is 7.99. The Kier molecular flexibility index (Phi) is 7.37. The van der Waals surface area contributed by atoms with Crippen molar-refractivity contribution in [2.75, 3.05) is 29.5 Å². The van der Waals surface area contributed by atoms with Crippen LogP contribution in [0.4, 0.5) is 5.69 Å². The summed E-state index contributed by atoms with van der Waals surface area (Å²) in [5, 5.41) is 11.7. The van der Waals surface area contributed by atoms with Crippen LogP contribution in [0.25, 0.3) is 0 Å². The lowest BCUT2D eigenvalue weighted by atomic mass is 10.2. The molecular weight excluding hydrogens is 426 g/mol. The Morgan fingerprint density at radius 3 is 2.70 bits per heavy atom. The van der Waals surface area contributed by atoms with Gasteiger partial charge in [-0.3, -0.25) is 9.10 Å². The molecule has 1 aliphatic heterocycles. The number of nitrogens with zero attached hydrogens (tertiary/aromatic N) is 4.